The number of sulfone groups is 1. The number of aliphatic carboxylic acids is 1. The molecule has 0 radical (unpaired) electrons. The van der Waals surface area contributed by atoms with E-state index >= 15 is 0 Å². The van der Waals surface area contributed by atoms with Gasteiger partial charge in [-0.15, -0.1) is 0 Å². The van der Waals surface area contributed by atoms with Gasteiger partial charge in [0.1, 0.15) is 12.2 Å². The summed E-state index contributed by atoms with van der Waals surface area (Å²) in [6.07, 6.45) is 1.28. The van der Waals surface area contributed by atoms with Gasteiger partial charge in [0.2, 0.25) is 0 Å². The molecule has 8 nitrogen and oxygen atoms in total. The lowest BCUT2D eigenvalue weighted by molar-refractivity contribution is -0.138. The maximum atomic E-state index is 11.7. The molecule has 9 heteroatoms. The van der Waals surface area contributed by atoms with Crippen LogP contribution in [0.4, 0.5) is 0 Å². The van der Waals surface area contributed by atoms with Crippen molar-refractivity contribution in [2.45, 2.75) is 38.9 Å². The van der Waals surface area contributed by atoms with E-state index in [1.165, 1.54) is 6.33 Å². The fourth-order valence-electron chi connectivity index (χ4n) is 2.52. The van der Waals surface area contributed by atoms with Crippen molar-refractivity contribution >= 4 is 15.8 Å². The summed E-state index contributed by atoms with van der Waals surface area (Å²) in [6.45, 7) is 4.69. The van der Waals surface area contributed by atoms with Crippen LogP contribution >= 0.6 is 0 Å². The van der Waals surface area contributed by atoms with Crippen LogP contribution < -0.4 is 0 Å². The van der Waals surface area contributed by atoms with Crippen molar-refractivity contribution in [3.63, 3.8) is 0 Å². The van der Waals surface area contributed by atoms with E-state index in [0.29, 0.717) is 13.1 Å². The van der Waals surface area contributed by atoms with Gasteiger partial charge in [0.15, 0.2) is 9.84 Å². The molecule has 1 N–H and O–H groups in total. The zero-order valence-corrected chi connectivity index (χ0v) is 13.0. The first-order valence-corrected chi connectivity index (χ1v) is 8.65. The third-order valence-corrected chi connectivity index (χ3v) is 5.24. The highest BCUT2D eigenvalue weighted by Crippen LogP contribution is 2.18. The predicted octanol–water partition coefficient (Wildman–Crippen LogP) is -0.0673. The first-order valence-electron chi connectivity index (χ1n) is 6.83. The number of hydrogen-bond acceptors (Lipinski definition) is 6. The molecule has 0 aromatic carbocycles. The van der Waals surface area contributed by atoms with E-state index in [2.05, 4.69) is 10.1 Å². The fraction of sp³-hybridized carbons (Fsp3) is 0.750. The number of aromatic nitrogens is 3. The predicted molar refractivity (Wildman–Crippen MR) is 75.5 cm³/mol. The molecule has 1 aromatic heterocycles. The average molecular weight is 316 g/mol. The summed E-state index contributed by atoms with van der Waals surface area (Å²) < 4.78 is 25.2. The molecule has 0 aliphatic carbocycles. The Morgan fingerprint density at radius 2 is 2.24 bits per heavy atom. The van der Waals surface area contributed by atoms with Crippen LogP contribution in [-0.2, 0) is 21.2 Å². The minimum Gasteiger partial charge on any atom is -0.481 e. The Kier molecular flexibility index (Phi) is 4.62. The maximum absolute atomic E-state index is 11.7. The number of carbonyl (C=O) groups is 1. The van der Waals surface area contributed by atoms with Crippen molar-refractivity contribution in [2.24, 2.45) is 0 Å². The quantitative estimate of drug-likeness (QED) is 0.810. The molecule has 1 aromatic rings. The summed E-state index contributed by atoms with van der Waals surface area (Å²) in [5.74, 6) is -0.333. The molecule has 0 amide bonds. The zero-order chi connectivity index (χ0) is 15.6. The molecular weight excluding hydrogens is 296 g/mol. The molecule has 21 heavy (non-hydrogen) atoms. The molecule has 1 fully saturated rings. The molecule has 0 saturated carbocycles. The lowest BCUT2D eigenvalue weighted by atomic mass is 10.2. The monoisotopic (exact) mass is 316 g/mol. The molecule has 2 rings (SSSR count). The molecule has 1 unspecified atom stereocenters. The van der Waals surface area contributed by atoms with Crippen LogP contribution in [0.2, 0.25) is 0 Å². The van der Waals surface area contributed by atoms with Crippen molar-refractivity contribution < 1.29 is 18.3 Å². The molecule has 1 atom stereocenters. The third-order valence-electron chi connectivity index (χ3n) is 3.54. The Bertz CT molecular complexity index is 611. The maximum Gasteiger partial charge on any atom is 0.304 e. The second kappa shape index (κ2) is 6.10. The number of hydrogen-bond donors (Lipinski definition) is 1. The summed E-state index contributed by atoms with van der Waals surface area (Å²) >= 11 is 0. The van der Waals surface area contributed by atoms with E-state index < -0.39 is 21.8 Å². The van der Waals surface area contributed by atoms with Crippen molar-refractivity contribution in [3.05, 3.63) is 12.2 Å². The summed E-state index contributed by atoms with van der Waals surface area (Å²) in [5.41, 5.74) is 0. The van der Waals surface area contributed by atoms with Gasteiger partial charge in [0, 0.05) is 18.6 Å². The molecule has 1 aliphatic heterocycles. The van der Waals surface area contributed by atoms with E-state index in [-0.39, 0.29) is 24.0 Å². The molecule has 1 aliphatic rings. The van der Waals surface area contributed by atoms with Crippen molar-refractivity contribution in [1.29, 1.82) is 0 Å². The van der Waals surface area contributed by atoms with Crippen LogP contribution in [0.15, 0.2) is 6.33 Å². The smallest absolute Gasteiger partial charge is 0.304 e. The van der Waals surface area contributed by atoms with E-state index in [1.807, 2.05) is 18.7 Å². The van der Waals surface area contributed by atoms with E-state index in [1.54, 1.807) is 4.68 Å². The Balaban J connectivity index is 2.16. The van der Waals surface area contributed by atoms with Gasteiger partial charge >= 0.3 is 5.97 Å². The molecule has 1 saturated heterocycles. The normalized spacial score (nSPS) is 22.5. The Morgan fingerprint density at radius 3 is 2.86 bits per heavy atom. The van der Waals surface area contributed by atoms with Gasteiger partial charge in [0.25, 0.3) is 0 Å². The van der Waals surface area contributed by atoms with Crippen LogP contribution in [0.5, 0.6) is 0 Å². The molecule has 0 bridgehead atoms. The lowest BCUT2D eigenvalue weighted by Crippen LogP contribution is -2.49. The molecule has 2 heterocycles. The van der Waals surface area contributed by atoms with Gasteiger partial charge in [-0.25, -0.2) is 18.1 Å². The molecular formula is C12H20N4O4S. The average Bonchev–Trinajstić information content (AvgIpc) is 2.79. The van der Waals surface area contributed by atoms with Gasteiger partial charge in [-0.2, -0.15) is 5.10 Å². The van der Waals surface area contributed by atoms with Gasteiger partial charge in [-0.3, -0.25) is 9.69 Å². The van der Waals surface area contributed by atoms with Gasteiger partial charge < -0.3 is 5.11 Å². The molecule has 0 spiro atoms. The fourth-order valence-corrected chi connectivity index (χ4v) is 4.11. The summed E-state index contributed by atoms with van der Waals surface area (Å²) in [6, 6.07) is -0.368. The van der Waals surface area contributed by atoms with Crippen LogP contribution in [0, 0.1) is 0 Å². The first-order chi connectivity index (χ1) is 9.78. The number of carboxylic acid groups (broad SMARTS) is 1. The SMILES string of the molecule is CC(C)n1ncnc1CN1CCS(=O)(=O)CC1CC(=O)O. The minimum absolute atomic E-state index is 0.0545. The highest BCUT2D eigenvalue weighted by molar-refractivity contribution is 7.91. The lowest BCUT2D eigenvalue weighted by Gasteiger charge is -2.34. The van der Waals surface area contributed by atoms with Crippen LogP contribution in [0.3, 0.4) is 0 Å². The topological polar surface area (TPSA) is 105 Å². The van der Waals surface area contributed by atoms with Crippen LogP contribution in [0.1, 0.15) is 32.1 Å². The number of rotatable bonds is 5. The Morgan fingerprint density at radius 1 is 1.52 bits per heavy atom. The Labute approximate surface area is 123 Å². The Hall–Kier alpha value is -1.48. The third kappa shape index (κ3) is 4.01. The highest BCUT2D eigenvalue weighted by Gasteiger charge is 2.33. The zero-order valence-electron chi connectivity index (χ0n) is 12.1. The minimum atomic E-state index is -3.16. The van der Waals surface area contributed by atoms with Gasteiger partial charge in [-0.1, -0.05) is 0 Å². The summed E-state index contributed by atoms with van der Waals surface area (Å²) in [4.78, 5) is 17.0. The second-order valence-corrected chi connectivity index (χ2v) is 7.78. The van der Waals surface area contributed by atoms with Crippen molar-refractivity contribution in [3.8, 4) is 0 Å². The highest BCUT2D eigenvalue weighted by atomic mass is 32.2. The van der Waals surface area contributed by atoms with E-state index in [4.69, 9.17) is 5.11 Å². The van der Waals surface area contributed by atoms with Crippen LogP contribution in [0.25, 0.3) is 0 Å². The largest absolute Gasteiger partial charge is 0.481 e. The van der Waals surface area contributed by atoms with E-state index in [0.717, 1.165) is 5.82 Å². The van der Waals surface area contributed by atoms with Crippen molar-refractivity contribution in [2.75, 3.05) is 18.1 Å². The van der Waals surface area contributed by atoms with Crippen LogP contribution in [-0.4, -0.2) is 63.3 Å². The first kappa shape index (κ1) is 15.9. The standard InChI is InChI=1S/C12H20N4O4S/c1-9(2)16-11(13-8-14-16)6-15-3-4-21(19,20)7-10(15)5-12(17)18/h8-10H,3-7H2,1-2H3,(H,17,18). The second-order valence-electron chi connectivity index (χ2n) is 5.55. The van der Waals surface area contributed by atoms with Gasteiger partial charge in [0.05, 0.1) is 24.5 Å². The summed E-state index contributed by atoms with van der Waals surface area (Å²) in [7, 11) is -3.16. The number of carboxylic acids is 1. The van der Waals surface area contributed by atoms with Gasteiger partial charge in [-0.05, 0) is 13.8 Å². The van der Waals surface area contributed by atoms with Crippen molar-refractivity contribution in [1.82, 2.24) is 19.7 Å². The molecule has 118 valence electrons. The number of nitrogens with zero attached hydrogens (tertiary/aromatic N) is 4. The van der Waals surface area contributed by atoms with E-state index in [9.17, 15) is 13.2 Å². The summed E-state index contributed by atoms with van der Waals surface area (Å²) in [5, 5.41) is 13.1.